The quantitative estimate of drug-likeness (QED) is 0.864. The SMILES string of the molecule is CCCC(Cc1ccccc1)(NC(=O)OC)c1ccccc1. The zero-order valence-corrected chi connectivity index (χ0v) is 13.2. The maximum Gasteiger partial charge on any atom is 0.407 e. The van der Waals surface area contributed by atoms with E-state index in [1.807, 2.05) is 36.4 Å². The first kappa shape index (κ1) is 16.1. The fourth-order valence-electron chi connectivity index (χ4n) is 2.89. The fourth-order valence-corrected chi connectivity index (χ4v) is 2.89. The predicted octanol–water partition coefficient (Wildman–Crippen LogP) is 4.28. The summed E-state index contributed by atoms with van der Waals surface area (Å²) >= 11 is 0. The molecule has 0 heterocycles. The highest BCUT2D eigenvalue weighted by atomic mass is 16.5. The third kappa shape index (κ3) is 3.88. The summed E-state index contributed by atoms with van der Waals surface area (Å²) in [5, 5.41) is 3.08. The first-order valence-electron chi connectivity index (χ1n) is 7.66. The molecule has 1 unspecified atom stereocenters. The first-order valence-corrected chi connectivity index (χ1v) is 7.66. The van der Waals surface area contributed by atoms with Crippen molar-refractivity contribution in [3.8, 4) is 0 Å². The highest BCUT2D eigenvalue weighted by Crippen LogP contribution is 2.31. The Bertz CT molecular complexity index is 583. The largest absolute Gasteiger partial charge is 0.453 e. The van der Waals surface area contributed by atoms with Crippen LogP contribution in [0.25, 0.3) is 0 Å². The van der Waals surface area contributed by atoms with Crippen molar-refractivity contribution in [1.82, 2.24) is 5.32 Å². The smallest absolute Gasteiger partial charge is 0.407 e. The van der Waals surface area contributed by atoms with Crippen molar-refractivity contribution in [2.24, 2.45) is 0 Å². The molecule has 116 valence electrons. The van der Waals surface area contributed by atoms with Crippen LogP contribution >= 0.6 is 0 Å². The molecule has 2 aromatic rings. The number of methoxy groups -OCH3 is 1. The Labute approximate surface area is 132 Å². The zero-order chi connectivity index (χ0) is 15.8. The third-order valence-corrected chi connectivity index (χ3v) is 3.88. The second-order valence-electron chi connectivity index (χ2n) is 5.48. The van der Waals surface area contributed by atoms with Gasteiger partial charge in [-0.15, -0.1) is 0 Å². The van der Waals surface area contributed by atoms with Crippen molar-refractivity contribution in [2.75, 3.05) is 7.11 Å². The van der Waals surface area contributed by atoms with Gasteiger partial charge in [0, 0.05) is 0 Å². The molecule has 1 atom stereocenters. The molecule has 0 saturated heterocycles. The number of hydrogen-bond donors (Lipinski definition) is 1. The molecule has 1 amide bonds. The summed E-state index contributed by atoms with van der Waals surface area (Å²) < 4.78 is 4.86. The monoisotopic (exact) mass is 297 g/mol. The summed E-state index contributed by atoms with van der Waals surface area (Å²) in [6, 6.07) is 20.3. The lowest BCUT2D eigenvalue weighted by Crippen LogP contribution is -2.47. The van der Waals surface area contributed by atoms with Crippen molar-refractivity contribution in [2.45, 2.75) is 31.7 Å². The topological polar surface area (TPSA) is 38.3 Å². The number of carbonyl (C=O) groups is 1. The molecular formula is C19H23NO2. The van der Waals surface area contributed by atoms with Gasteiger partial charge in [0.25, 0.3) is 0 Å². The molecule has 0 spiro atoms. The van der Waals surface area contributed by atoms with Gasteiger partial charge in [0.15, 0.2) is 0 Å². The standard InChI is InChI=1S/C19H23NO2/c1-3-14-19(20-18(21)22-2,17-12-8-5-9-13-17)15-16-10-6-4-7-11-16/h4-13H,3,14-15H2,1-2H3,(H,20,21). The minimum atomic E-state index is -0.454. The predicted molar refractivity (Wildman–Crippen MR) is 88.7 cm³/mol. The van der Waals surface area contributed by atoms with Crippen LogP contribution in [0, 0.1) is 0 Å². The second kappa shape index (κ2) is 7.64. The van der Waals surface area contributed by atoms with E-state index in [4.69, 9.17) is 4.74 Å². The Morgan fingerprint density at radius 1 is 1.05 bits per heavy atom. The molecule has 22 heavy (non-hydrogen) atoms. The van der Waals surface area contributed by atoms with E-state index in [0.717, 1.165) is 24.8 Å². The highest BCUT2D eigenvalue weighted by molar-refractivity contribution is 5.68. The number of benzene rings is 2. The molecule has 0 aliphatic carbocycles. The van der Waals surface area contributed by atoms with Crippen LogP contribution in [0.1, 0.15) is 30.9 Å². The molecule has 3 heteroatoms. The van der Waals surface area contributed by atoms with Crippen LogP contribution in [0.15, 0.2) is 60.7 Å². The number of carbonyl (C=O) groups excluding carboxylic acids is 1. The molecule has 0 aromatic heterocycles. The lowest BCUT2D eigenvalue weighted by atomic mass is 9.80. The Morgan fingerprint density at radius 3 is 2.18 bits per heavy atom. The van der Waals surface area contributed by atoms with Crippen molar-refractivity contribution >= 4 is 6.09 Å². The number of nitrogens with one attached hydrogen (secondary N) is 1. The van der Waals surface area contributed by atoms with Crippen molar-refractivity contribution in [1.29, 1.82) is 0 Å². The Balaban J connectivity index is 2.42. The van der Waals surface area contributed by atoms with Crippen LogP contribution in [0.5, 0.6) is 0 Å². The highest BCUT2D eigenvalue weighted by Gasteiger charge is 2.33. The third-order valence-electron chi connectivity index (χ3n) is 3.88. The molecule has 1 N–H and O–H groups in total. The van der Waals surface area contributed by atoms with Gasteiger partial charge in [-0.25, -0.2) is 4.79 Å². The van der Waals surface area contributed by atoms with Gasteiger partial charge in [-0.2, -0.15) is 0 Å². The van der Waals surface area contributed by atoms with Gasteiger partial charge >= 0.3 is 6.09 Å². The van der Waals surface area contributed by atoms with E-state index in [-0.39, 0.29) is 0 Å². The second-order valence-corrected chi connectivity index (χ2v) is 5.48. The van der Waals surface area contributed by atoms with E-state index >= 15 is 0 Å². The van der Waals surface area contributed by atoms with Crippen molar-refractivity contribution < 1.29 is 9.53 Å². The molecular weight excluding hydrogens is 274 g/mol. The van der Waals surface area contributed by atoms with Gasteiger partial charge in [-0.3, -0.25) is 0 Å². The summed E-state index contributed by atoms with van der Waals surface area (Å²) in [6.07, 6.45) is 2.15. The van der Waals surface area contributed by atoms with E-state index in [1.54, 1.807) is 0 Å². The maximum absolute atomic E-state index is 11.9. The van der Waals surface area contributed by atoms with Crippen LogP contribution in [-0.4, -0.2) is 13.2 Å². The summed E-state index contributed by atoms with van der Waals surface area (Å²) in [5.74, 6) is 0. The Kier molecular flexibility index (Phi) is 5.59. The van der Waals surface area contributed by atoms with Gasteiger partial charge in [0.2, 0.25) is 0 Å². The molecule has 0 saturated carbocycles. The minimum absolute atomic E-state index is 0.395. The van der Waals surface area contributed by atoms with Crippen LogP contribution in [-0.2, 0) is 16.7 Å². The summed E-state index contributed by atoms with van der Waals surface area (Å²) in [7, 11) is 1.40. The average molecular weight is 297 g/mol. The van der Waals surface area contributed by atoms with Gasteiger partial charge < -0.3 is 10.1 Å². The molecule has 0 aliphatic rings. The van der Waals surface area contributed by atoms with Crippen molar-refractivity contribution in [3.63, 3.8) is 0 Å². The first-order chi connectivity index (χ1) is 10.7. The number of alkyl carbamates (subject to hydrolysis) is 1. The number of hydrogen-bond acceptors (Lipinski definition) is 2. The van der Waals surface area contributed by atoms with Crippen LogP contribution < -0.4 is 5.32 Å². The van der Waals surface area contributed by atoms with Gasteiger partial charge in [-0.05, 0) is 24.0 Å². The minimum Gasteiger partial charge on any atom is -0.453 e. The van der Waals surface area contributed by atoms with Crippen LogP contribution in [0.2, 0.25) is 0 Å². The van der Waals surface area contributed by atoms with Crippen LogP contribution in [0.3, 0.4) is 0 Å². The lowest BCUT2D eigenvalue weighted by molar-refractivity contribution is 0.151. The fraction of sp³-hybridized carbons (Fsp3) is 0.316. The molecule has 3 nitrogen and oxygen atoms in total. The lowest BCUT2D eigenvalue weighted by Gasteiger charge is -2.35. The van der Waals surface area contributed by atoms with E-state index < -0.39 is 11.6 Å². The number of rotatable bonds is 6. The van der Waals surface area contributed by atoms with Gasteiger partial charge in [0.05, 0.1) is 12.6 Å². The summed E-state index contributed by atoms with van der Waals surface area (Å²) in [6.45, 7) is 2.13. The molecule has 2 rings (SSSR count). The van der Waals surface area contributed by atoms with Crippen molar-refractivity contribution in [3.05, 3.63) is 71.8 Å². The number of ether oxygens (including phenoxy) is 1. The normalized spacial score (nSPS) is 13.2. The molecule has 0 fully saturated rings. The summed E-state index contributed by atoms with van der Waals surface area (Å²) in [4.78, 5) is 11.9. The molecule has 2 aromatic carbocycles. The molecule has 0 radical (unpaired) electrons. The average Bonchev–Trinajstić information content (AvgIpc) is 2.56. The van der Waals surface area contributed by atoms with E-state index in [1.165, 1.54) is 12.7 Å². The van der Waals surface area contributed by atoms with Crippen LogP contribution in [0.4, 0.5) is 4.79 Å². The Hall–Kier alpha value is -2.29. The maximum atomic E-state index is 11.9. The van der Waals surface area contributed by atoms with E-state index in [2.05, 4.69) is 36.5 Å². The van der Waals surface area contributed by atoms with E-state index in [0.29, 0.717) is 0 Å². The van der Waals surface area contributed by atoms with Gasteiger partial charge in [0.1, 0.15) is 0 Å². The number of amides is 1. The zero-order valence-electron chi connectivity index (χ0n) is 13.2. The molecule has 0 bridgehead atoms. The Morgan fingerprint density at radius 2 is 1.64 bits per heavy atom. The molecule has 0 aliphatic heterocycles. The van der Waals surface area contributed by atoms with E-state index in [9.17, 15) is 4.79 Å². The summed E-state index contributed by atoms with van der Waals surface area (Å²) in [5.41, 5.74) is 1.84. The van der Waals surface area contributed by atoms with Gasteiger partial charge in [-0.1, -0.05) is 74.0 Å².